The van der Waals surface area contributed by atoms with E-state index in [2.05, 4.69) is 19.2 Å². The molecule has 6 heteroatoms. The highest BCUT2D eigenvalue weighted by Crippen LogP contribution is 2.29. The topological polar surface area (TPSA) is 54.3 Å². The van der Waals surface area contributed by atoms with Gasteiger partial charge in [-0.05, 0) is 32.8 Å². The first-order chi connectivity index (χ1) is 10.5. The third-order valence-corrected chi connectivity index (χ3v) is 5.01. The average Bonchev–Trinajstić information content (AvgIpc) is 2.47. The van der Waals surface area contributed by atoms with Crippen LogP contribution in [-0.2, 0) is 6.54 Å². The minimum absolute atomic E-state index is 0.0274. The monoisotopic (exact) mass is 323 g/mol. The molecular weight excluding hydrogens is 298 g/mol. The van der Waals surface area contributed by atoms with Gasteiger partial charge in [0.05, 0.1) is 0 Å². The summed E-state index contributed by atoms with van der Waals surface area (Å²) in [6.45, 7) is 7.32. The number of hydrogen-bond donors (Lipinski definition) is 1. The lowest BCUT2D eigenvalue weighted by molar-refractivity contribution is 0.194. The summed E-state index contributed by atoms with van der Waals surface area (Å²) in [5.41, 5.74) is 0.0274. The van der Waals surface area contributed by atoms with E-state index in [4.69, 9.17) is 0 Å². The smallest absolute Gasteiger partial charge is 0.317 e. The minimum atomic E-state index is 0.0274. The van der Waals surface area contributed by atoms with E-state index < -0.39 is 0 Å². The van der Waals surface area contributed by atoms with Crippen molar-refractivity contribution < 1.29 is 4.79 Å². The number of thioether (sulfide) groups is 1. The molecule has 0 atom stereocenters. The summed E-state index contributed by atoms with van der Waals surface area (Å²) in [7, 11) is 0. The fourth-order valence-corrected chi connectivity index (χ4v) is 3.66. The zero-order valence-electron chi connectivity index (χ0n) is 13.4. The number of pyridine rings is 1. The van der Waals surface area contributed by atoms with Gasteiger partial charge in [-0.2, -0.15) is 11.8 Å². The number of nitrogens with zero attached hydrogens (tertiary/aromatic N) is 2. The van der Waals surface area contributed by atoms with E-state index in [9.17, 15) is 9.59 Å². The van der Waals surface area contributed by atoms with E-state index in [-0.39, 0.29) is 16.3 Å². The van der Waals surface area contributed by atoms with Crippen LogP contribution in [0.25, 0.3) is 0 Å². The van der Waals surface area contributed by atoms with Crippen molar-refractivity contribution in [3.63, 3.8) is 0 Å². The molecule has 1 aliphatic heterocycles. The molecule has 1 N–H and O–H groups in total. The number of amides is 2. The first kappa shape index (κ1) is 16.9. The van der Waals surface area contributed by atoms with Crippen LogP contribution in [0.5, 0.6) is 0 Å². The molecule has 122 valence electrons. The maximum atomic E-state index is 12.1. The average molecular weight is 323 g/mol. The Morgan fingerprint density at radius 2 is 2.18 bits per heavy atom. The number of hydrogen-bond acceptors (Lipinski definition) is 3. The van der Waals surface area contributed by atoms with Crippen LogP contribution in [0.15, 0.2) is 29.2 Å². The second-order valence-electron chi connectivity index (χ2n) is 6.20. The van der Waals surface area contributed by atoms with Crippen LogP contribution in [0, 0.1) is 0 Å². The number of aryl methyl sites for hydroxylation is 1. The summed E-state index contributed by atoms with van der Waals surface area (Å²) in [6, 6.07) is 5.21. The SMILES string of the molecule is CC1(C)CN(C(=O)NCCCCn2ccccc2=O)CCS1. The molecular formula is C16H25N3O2S. The van der Waals surface area contributed by atoms with E-state index in [0.29, 0.717) is 13.1 Å². The third-order valence-electron chi connectivity index (χ3n) is 3.71. The van der Waals surface area contributed by atoms with Gasteiger partial charge in [0, 0.05) is 48.9 Å². The molecule has 1 aromatic heterocycles. The van der Waals surface area contributed by atoms with Gasteiger partial charge < -0.3 is 14.8 Å². The van der Waals surface area contributed by atoms with Crippen molar-refractivity contribution in [2.45, 2.75) is 38.0 Å². The fraction of sp³-hybridized carbons (Fsp3) is 0.625. The Bertz CT molecular complexity index is 556. The minimum Gasteiger partial charge on any atom is -0.338 e. The molecule has 2 rings (SSSR count). The van der Waals surface area contributed by atoms with Crippen molar-refractivity contribution in [2.75, 3.05) is 25.4 Å². The van der Waals surface area contributed by atoms with Crippen LogP contribution in [0.1, 0.15) is 26.7 Å². The normalized spacial score (nSPS) is 17.3. The number of unbranched alkanes of at least 4 members (excludes halogenated alkanes) is 1. The maximum absolute atomic E-state index is 12.1. The molecule has 2 heterocycles. The van der Waals surface area contributed by atoms with Crippen LogP contribution in [0.2, 0.25) is 0 Å². The molecule has 0 unspecified atom stereocenters. The molecule has 1 aliphatic rings. The second kappa shape index (κ2) is 7.72. The van der Waals surface area contributed by atoms with Gasteiger partial charge in [0.2, 0.25) is 5.56 Å². The number of aromatic nitrogens is 1. The van der Waals surface area contributed by atoms with Crippen molar-refractivity contribution in [2.24, 2.45) is 0 Å². The zero-order chi connectivity index (χ0) is 16.0. The highest BCUT2D eigenvalue weighted by Gasteiger charge is 2.29. The number of carbonyl (C=O) groups is 1. The summed E-state index contributed by atoms with van der Waals surface area (Å²) in [5, 5.41) is 2.98. The van der Waals surface area contributed by atoms with Crippen molar-refractivity contribution in [3.8, 4) is 0 Å². The van der Waals surface area contributed by atoms with Gasteiger partial charge in [0.25, 0.3) is 0 Å². The predicted octanol–water partition coefficient (Wildman–Crippen LogP) is 2.17. The number of nitrogens with one attached hydrogen (secondary N) is 1. The first-order valence-corrected chi connectivity index (χ1v) is 8.79. The van der Waals surface area contributed by atoms with Gasteiger partial charge in [-0.1, -0.05) is 6.07 Å². The van der Waals surface area contributed by atoms with E-state index in [0.717, 1.165) is 31.7 Å². The van der Waals surface area contributed by atoms with E-state index in [1.807, 2.05) is 22.7 Å². The highest BCUT2D eigenvalue weighted by molar-refractivity contribution is 8.00. The van der Waals surface area contributed by atoms with E-state index in [1.54, 1.807) is 22.9 Å². The van der Waals surface area contributed by atoms with Crippen LogP contribution < -0.4 is 10.9 Å². The van der Waals surface area contributed by atoms with Gasteiger partial charge in [0.15, 0.2) is 0 Å². The Hall–Kier alpha value is -1.43. The second-order valence-corrected chi connectivity index (χ2v) is 8.00. The molecule has 0 aliphatic carbocycles. The lowest BCUT2D eigenvalue weighted by Gasteiger charge is -2.37. The van der Waals surface area contributed by atoms with Gasteiger partial charge in [-0.25, -0.2) is 4.79 Å². The van der Waals surface area contributed by atoms with Crippen molar-refractivity contribution >= 4 is 17.8 Å². The molecule has 1 saturated heterocycles. The predicted molar refractivity (Wildman–Crippen MR) is 91.4 cm³/mol. The van der Waals surface area contributed by atoms with Gasteiger partial charge in [-0.15, -0.1) is 0 Å². The number of carbonyl (C=O) groups excluding carboxylic acids is 1. The lowest BCUT2D eigenvalue weighted by atomic mass is 10.2. The number of urea groups is 1. The molecule has 1 aromatic rings. The third kappa shape index (κ3) is 5.09. The molecule has 0 saturated carbocycles. The van der Waals surface area contributed by atoms with Crippen LogP contribution >= 0.6 is 11.8 Å². The molecule has 0 aromatic carbocycles. The van der Waals surface area contributed by atoms with Crippen molar-refractivity contribution in [1.82, 2.24) is 14.8 Å². The Labute approximate surface area is 136 Å². The van der Waals surface area contributed by atoms with Crippen molar-refractivity contribution in [3.05, 3.63) is 34.7 Å². The standard InChI is InChI=1S/C16H25N3O2S/c1-16(2)13-19(11-12-22-16)15(21)17-8-4-6-10-18-9-5-3-7-14(18)20/h3,5,7,9H,4,6,8,10-13H2,1-2H3,(H,17,21). The van der Waals surface area contributed by atoms with E-state index >= 15 is 0 Å². The lowest BCUT2D eigenvalue weighted by Crippen LogP contribution is -2.50. The highest BCUT2D eigenvalue weighted by atomic mass is 32.2. The molecule has 0 spiro atoms. The summed E-state index contributed by atoms with van der Waals surface area (Å²) < 4.78 is 1.84. The summed E-state index contributed by atoms with van der Waals surface area (Å²) in [4.78, 5) is 25.6. The molecule has 22 heavy (non-hydrogen) atoms. The Kier molecular flexibility index (Phi) is 5.94. The molecule has 0 bridgehead atoms. The molecule has 1 fully saturated rings. The van der Waals surface area contributed by atoms with E-state index in [1.165, 1.54) is 0 Å². The van der Waals surface area contributed by atoms with Crippen LogP contribution in [-0.4, -0.2) is 45.6 Å². The van der Waals surface area contributed by atoms with Crippen LogP contribution in [0.4, 0.5) is 4.79 Å². The molecule has 2 amide bonds. The Balaban J connectivity index is 1.65. The summed E-state index contributed by atoms with van der Waals surface area (Å²) in [5.74, 6) is 0.997. The summed E-state index contributed by atoms with van der Waals surface area (Å²) >= 11 is 1.92. The molecule has 5 nitrogen and oxygen atoms in total. The van der Waals surface area contributed by atoms with Crippen LogP contribution in [0.3, 0.4) is 0 Å². The fourth-order valence-electron chi connectivity index (χ4n) is 2.55. The largest absolute Gasteiger partial charge is 0.338 e. The van der Waals surface area contributed by atoms with Crippen molar-refractivity contribution in [1.29, 1.82) is 0 Å². The zero-order valence-corrected chi connectivity index (χ0v) is 14.2. The van der Waals surface area contributed by atoms with Gasteiger partial charge in [-0.3, -0.25) is 4.79 Å². The van der Waals surface area contributed by atoms with Gasteiger partial charge in [0.1, 0.15) is 0 Å². The summed E-state index contributed by atoms with van der Waals surface area (Å²) in [6.07, 6.45) is 3.55. The number of rotatable bonds is 5. The quantitative estimate of drug-likeness (QED) is 0.845. The maximum Gasteiger partial charge on any atom is 0.317 e. The molecule has 0 radical (unpaired) electrons. The first-order valence-electron chi connectivity index (χ1n) is 7.80. The Morgan fingerprint density at radius 1 is 1.36 bits per heavy atom. The Morgan fingerprint density at radius 3 is 2.91 bits per heavy atom. The van der Waals surface area contributed by atoms with Gasteiger partial charge >= 0.3 is 6.03 Å².